The van der Waals surface area contributed by atoms with Gasteiger partial charge in [0.05, 0.1) is 22.1 Å². The van der Waals surface area contributed by atoms with Crippen molar-refractivity contribution in [1.82, 2.24) is 14.5 Å². The second-order valence-electron chi connectivity index (χ2n) is 8.58. The first-order chi connectivity index (χ1) is 16.7. The Morgan fingerprint density at radius 2 is 1.35 bits per heavy atom. The van der Waals surface area contributed by atoms with Gasteiger partial charge in [-0.2, -0.15) is 0 Å². The molecule has 0 bridgehead atoms. The maximum atomic E-state index is 13.4. The van der Waals surface area contributed by atoms with Gasteiger partial charge >= 0.3 is 0 Å². The fraction of sp³-hybridized carbons (Fsp3) is 0.185. The predicted octanol–water partition coefficient (Wildman–Crippen LogP) is 4.34. The predicted molar refractivity (Wildman–Crippen MR) is 135 cm³/mol. The Hall–Kier alpha value is -4.26. The highest BCUT2D eigenvalue weighted by atomic mass is 16.2. The number of pyridine rings is 1. The Morgan fingerprint density at radius 1 is 0.794 bits per heavy atom. The van der Waals surface area contributed by atoms with E-state index in [4.69, 9.17) is 9.97 Å². The molecule has 1 aliphatic rings. The first-order valence-corrected chi connectivity index (χ1v) is 11.5. The maximum Gasteiger partial charge on any atom is 0.245 e. The van der Waals surface area contributed by atoms with Gasteiger partial charge in [-0.05, 0) is 49.2 Å². The van der Waals surface area contributed by atoms with Crippen molar-refractivity contribution < 1.29 is 4.79 Å². The van der Waals surface area contributed by atoms with Crippen molar-refractivity contribution in [3.8, 4) is 0 Å². The number of benzene rings is 3. The van der Waals surface area contributed by atoms with Gasteiger partial charge in [0.2, 0.25) is 5.91 Å². The van der Waals surface area contributed by atoms with E-state index in [0.29, 0.717) is 22.4 Å². The number of anilines is 2. The summed E-state index contributed by atoms with van der Waals surface area (Å²) in [7, 11) is 0. The highest BCUT2D eigenvalue weighted by Crippen LogP contribution is 2.28. The van der Waals surface area contributed by atoms with Crippen molar-refractivity contribution in [2.24, 2.45) is 0 Å². The third-order valence-corrected chi connectivity index (χ3v) is 6.40. The highest BCUT2D eigenvalue weighted by molar-refractivity contribution is 5.98. The van der Waals surface area contributed by atoms with Crippen LogP contribution in [-0.4, -0.2) is 33.5 Å². The average Bonchev–Trinajstić information content (AvgIpc) is 3.41. The molecular formula is C27H23N5O2. The summed E-state index contributed by atoms with van der Waals surface area (Å²) in [6.45, 7) is 1.84. The zero-order valence-electron chi connectivity index (χ0n) is 18.6. The van der Waals surface area contributed by atoms with Crippen LogP contribution < -0.4 is 15.6 Å². The van der Waals surface area contributed by atoms with Gasteiger partial charge < -0.3 is 14.8 Å². The zero-order valence-corrected chi connectivity index (χ0v) is 18.6. The van der Waals surface area contributed by atoms with Crippen molar-refractivity contribution in [2.45, 2.75) is 19.4 Å². The fourth-order valence-corrected chi connectivity index (χ4v) is 4.79. The number of para-hydroxylation sites is 4. The maximum absolute atomic E-state index is 13.4. The number of nitrogens with zero attached hydrogens (tertiary/aromatic N) is 4. The summed E-state index contributed by atoms with van der Waals surface area (Å²) >= 11 is 0. The van der Waals surface area contributed by atoms with E-state index in [1.54, 1.807) is 12.1 Å². The third kappa shape index (κ3) is 3.46. The minimum Gasteiger partial charge on any atom is -0.354 e. The topological polar surface area (TPSA) is 80.1 Å². The molecule has 3 heterocycles. The quantitative estimate of drug-likeness (QED) is 0.413. The van der Waals surface area contributed by atoms with Crippen molar-refractivity contribution >= 4 is 50.4 Å². The number of fused-ring (bicyclic) bond motifs is 3. The molecule has 0 aliphatic carbocycles. The van der Waals surface area contributed by atoms with Crippen LogP contribution in [0.3, 0.4) is 0 Å². The second-order valence-corrected chi connectivity index (χ2v) is 8.58. The Labute approximate surface area is 195 Å². The Bertz CT molecular complexity index is 1560. The number of carbonyl (C=O) groups is 1. The standard InChI is InChI=1S/C27H23N5O2/c33-24(17-32-22-13-5-1-9-18(22)25(34)19-10-2-6-14-23(19)32)30-26-27(31-15-7-8-16-31)29-21-12-4-3-11-20(21)28-26/h1-6,9-14H,7-8,15-17H2,(H,28,30,33). The largest absolute Gasteiger partial charge is 0.354 e. The van der Waals surface area contributed by atoms with E-state index in [9.17, 15) is 9.59 Å². The Morgan fingerprint density at radius 3 is 2.00 bits per heavy atom. The Balaban J connectivity index is 1.42. The Kier molecular flexibility index (Phi) is 4.95. The van der Waals surface area contributed by atoms with Crippen molar-refractivity contribution in [1.29, 1.82) is 0 Å². The van der Waals surface area contributed by atoms with Gasteiger partial charge in [0.25, 0.3) is 0 Å². The molecule has 0 unspecified atom stereocenters. The number of rotatable bonds is 4. The van der Waals surface area contributed by atoms with E-state index < -0.39 is 0 Å². The molecule has 7 nitrogen and oxygen atoms in total. The lowest BCUT2D eigenvalue weighted by Gasteiger charge is -2.21. The summed E-state index contributed by atoms with van der Waals surface area (Å²) in [4.78, 5) is 38.1. The fourth-order valence-electron chi connectivity index (χ4n) is 4.79. The molecule has 0 spiro atoms. The summed E-state index contributed by atoms with van der Waals surface area (Å²) in [5, 5.41) is 4.21. The van der Waals surface area contributed by atoms with E-state index in [0.717, 1.165) is 48.0 Å². The molecule has 3 aromatic carbocycles. The SMILES string of the molecule is O=C(Cn1c2ccccc2c(=O)c2ccccc21)Nc1nc2ccccc2nc1N1CCCC1. The number of amides is 1. The van der Waals surface area contributed by atoms with E-state index in [-0.39, 0.29) is 17.9 Å². The summed E-state index contributed by atoms with van der Waals surface area (Å²) in [6, 6.07) is 22.5. The van der Waals surface area contributed by atoms with Crippen LogP contribution in [0.5, 0.6) is 0 Å². The molecule has 2 aromatic heterocycles. The van der Waals surface area contributed by atoms with Gasteiger partial charge in [-0.15, -0.1) is 0 Å². The number of hydrogen-bond acceptors (Lipinski definition) is 5. The van der Waals surface area contributed by atoms with Crippen molar-refractivity contribution in [3.63, 3.8) is 0 Å². The molecule has 34 heavy (non-hydrogen) atoms. The van der Waals surface area contributed by atoms with E-state index in [1.165, 1.54) is 0 Å². The lowest BCUT2D eigenvalue weighted by atomic mass is 10.1. The lowest BCUT2D eigenvalue weighted by molar-refractivity contribution is -0.116. The van der Waals surface area contributed by atoms with Gasteiger partial charge in [-0.3, -0.25) is 9.59 Å². The van der Waals surface area contributed by atoms with Crippen LogP contribution in [0.15, 0.2) is 77.6 Å². The molecule has 7 heteroatoms. The molecule has 6 rings (SSSR count). The first-order valence-electron chi connectivity index (χ1n) is 11.5. The average molecular weight is 450 g/mol. The summed E-state index contributed by atoms with van der Waals surface area (Å²) in [6.07, 6.45) is 2.19. The molecular weight excluding hydrogens is 426 g/mol. The molecule has 1 fully saturated rings. The molecule has 0 saturated carbocycles. The minimum atomic E-state index is -0.219. The van der Waals surface area contributed by atoms with E-state index in [2.05, 4.69) is 10.2 Å². The number of nitrogens with one attached hydrogen (secondary N) is 1. The number of aromatic nitrogens is 3. The van der Waals surface area contributed by atoms with Crippen LogP contribution in [0.25, 0.3) is 32.8 Å². The molecule has 1 saturated heterocycles. The van der Waals surface area contributed by atoms with Gasteiger partial charge in [0.15, 0.2) is 17.1 Å². The van der Waals surface area contributed by atoms with Crippen molar-refractivity contribution in [3.05, 3.63) is 83.0 Å². The van der Waals surface area contributed by atoms with Crippen molar-refractivity contribution in [2.75, 3.05) is 23.3 Å². The monoisotopic (exact) mass is 449 g/mol. The highest BCUT2D eigenvalue weighted by Gasteiger charge is 2.21. The van der Waals surface area contributed by atoms with E-state index >= 15 is 0 Å². The van der Waals surface area contributed by atoms with Crippen LogP contribution >= 0.6 is 0 Å². The van der Waals surface area contributed by atoms with Gasteiger partial charge in [-0.1, -0.05) is 36.4 Å². The first kappa shape index (κ1) is 20.4. The van der Waals surface area contributed by atoms with E-state index in [1.807, 2.05) is 65.2 Å². The lowest BCUT2D eigenvalue weighted by Crippen LogP contribution is -2.26. The van der Waals surface area contributed by atoms with Crippen LogP contribution in [0, 0.1) is 0 Å². The molecule has 5 aromatic rings. The van der Waals surface area contributed by atoms with Crippen LogP contribution in [0.1, 0.15) is 12.8 Å². The van der Waals surface area contributed by atoms with Gasteiger partial charge in [0.1, 0.15) is 6.54 Å². The summed E-state index contributed by atoms with van der Waals surface area (Å²) in [5.41, 5.74) is 2.97. The normalized spacial score (nSPS) is 13.7. The summed E-state index contributed by atoms with van der Waals surface area (Å²) < 4.78 is 1.89. The second kappa shape index (κ2) is 8.26. The molecule has 1 amide bonds. The van der Waals surface area contributed by atoms with Crippen LogP contribution in [-0.2, 0) is 11.3 Å². The molecule has 168 valence electrons. The zero-order chi connectivity index (χ0) is 23.1. The number of hydrogen-bond donors (Lipinski definition) is 1. The third-order valence-electron chi connectivity index (χ3n) is 6.40. The van der Waals surface area contributed by atoms with Gasteiger partial charge in [0, 0.05) is 23.9 Å². The smallest absolute Gasteiger partial charge is 0.245 e. The van der Waals surface area contributed by atoms with Crippen LogP contribution in [0.2, 0.25) is 0 Å². The molecule has 0 radical (unpaired) electrons. The van der Waals surface area contributed by atoms with Gasteiger partial charge in [-0.25, -0.2) is 9.97 Å². The molecule has 1 aliphatic heterocycles. The summed E-state index contributed by atoms with van der Waals surface area (Å²) in [5.74, 6) is 0.961. The molecule has 1 N–H and O–H groups in total. The molecule has 0 atom stereocenters. The number of carbonyl (C=O) groups excluding carboxylic acids is 1. The van der Waals surface area contributed by atoms with Crippen LogP contribution in [0.4, 0.5) is 11.6 Å². The minimum absolute atomic E-state index is 0.0282.